The van der Waals surface area contributed by atoms with Crippen molar-refractivity contribution in [2.75, 3.05) is 46.2 Å². The quantitative estimate of drug-likeness (QED) is 0.0522. The Kier molecular flexibility index (Phi) is 33.6. The minimum absolute atomic E-state index is 0.00917. The van der Waals surface area contributed by atoms with Crippen molar-refractivity contribution < 1.29 is 119 Å². The Morgan fingerprint density at radius 3 is 1.03 bits per heavy atom. The lowest BCUT2D eigenvalue weighted by atomic mass is 9.88. The largest absolute Gasteiger partial charge is 0.481 e. The Labute approximate surface area is 388 Å². The maximum Gasteiger partial charge on any atom is 0.346 e. The molecule has 0 spiro atoms. The normalized spacial score (nSPS) is 10.7. The first-order chi connectivity index (χ1) is 31.7. The van der Waals surface area contributed by atoms with E-state index in [9.17, 15) is 43.2 Å². The van der Waals surface area contributed by atoms with Crippen molar-refractivity contribution in [2.45, 2.75) is 52.9 Å². The number of aliphatic hydroxyl groups is 7. The van der Waals surface area contributed by atoms with Crippen molar-refractivity contribution >= 4 is 53.7 Å². The number of carboxylic acids is 7. The zero-order valence-electron chi connectivity index (χ0n) is 37.2. The van der Waals surface area contributed by atoms with Gasteiger partial charge in [-0.15, -0.1) is 0 Å². The number of unbranched alkanes of at least 4 members (excludes halogenated alkanes) is 1. The highest BCUT2D eigenvalue weighted by atomic mass is 16.6. The lowest BCUT2D eigenvalue weighted by Gasteiger charge is -2.24. The van der Waals surface area contributed by atoms with E-state index in [1.807, 2.05) is 6.92 Å². The van der Waals surface area contributed by atoms with Crippen molar-refractivity contribution in [3.8, 4) is 0 Å². The van der Waals surface area contributed by atoms with Crippen LogP contribution in [0.4, 0.5) is 0 Å². The van der Waals surface area contributed by atoms with Gasteiger partial charge in [-0.25, -0.2) is 33.6 Å². The van der Waals surface area contributed by atoms with Crippen LogP contribution >= 0.6 is 0 Å². The topological polar surface area (TPSA) is 446 Å². The molecule has 24 nitrogen and oxygen atoms in total. The van der Waals surface area contributed by atoms with E-state index in [0.29, 0.717) is 19.3 Å². The molecule has 3 aromatic carbocycles. The van der Waals surface area contributed by atoms with Gasteiger partial charge in [0.05, 0.1) is 85.2 Å². The third-order valence-electron chi connectivity index (χ3n) is 8.37. The Balaban J connectivity index is -0.000000743. The number of aliphatic carboxylic acids is 2. The molecule has 1 aliphatic heterocycles. The number of fused-ring (bicyclic) bond motifs is 1. The Bertz CT molecular complexity index is 1970. The van der Waals surface area contributed by atoms with Crippen LogP contribution in [0.5, 0.6) is 0 Å². The fraction of sp³-hybridized carbons (Fsp3) is 0.386. The van der Waals surface area contributed by atoms with Crippen LogP contribution in [0.15, 0.2) is 66.7 Å². The van der Waals surface area contributed by atoms with Crippen LogP contribution in [0, 0.1) is 10.8 Å². The smallest absolute Gasteiger partial charge is 0.346 e. The number of rotatable bonds is 17. The molecule has 1 heterocycles. The molecule has 14 N–H and O–H groups in total. The van der Waals surface area contributed by atoms with Crippen molar-refractivity contribution in [2.24, 2.45) is 10.8 Å². The summed E-state index contributed by atoms with van der Waals surface area (Å²) in [5.74, 6) is -8.80. The van der Waals surface area contributed by atoms with E-state index in [1.54, 1.807) is 13.8 Å². The number of carboxylic acid groups (broad SMARTS) is 7. The number of aromatic carboxylic acids is 5. The SMILES string of the molecule is CC(C)(CO)CO.CCC(CO)(CO)CO.O=C(O)CCCCC(=O)O.O=C(O)c1ccc(C(=O)O)cc1.O=C(O)c1ccc2c(c1)C(=O)OC2=O.O=C(O)c1cccc(C(=O)O)c1.OCCO. The van der Waals surface area contributed by atoms with Gasteiger partial charge in [-0.3, -0.25) is 9.59 Å². The van der Waals surface area contributed by atoms with Gasteiger partial charge in [-0.05, 0) is 79.9 Å². The van der Waals surface area contributed by atoms with E-state index < -0.39 is 59.1 Å². The van der Waals surface area contributed by atoms with Gasteiger partial charge in [0.1, 0.15) is 0 Å². The molecule has 24 heteroatoms. The third-order valence-corrected chi connectivity index (χ3v) is 8.37. The number of esters is 2. The predicted octanol–water partition coefficient (Wildman–Crippen LogP) is 1.91. The highest BCUT2D eigenvalue weighted by Gasteiger charge is 2.30. The molecule has 0 atom stereocenters. The summed E-state index contributed by atoms with van der Waals surface area (Å²) in [6.07, 6.45) is 1.61. The highest BCUT2D eigenvalue weighted by Crippen LogP contribution is 2.21. The molecular weight excluding hydrogens is 912 g/mol. The van der Waals surface area contributed by atoms with E-state index in [2.05, 4.69) is 4.74 Å². The number of ether oxygens (including phenoxy) is 1. The fourth-order valence-electron chi connectivity index (χ4n) is 3.85. The molecular formula is C44H58O24. The van der Waals surface area contributed by atoms with Crippen LogP contribution in [-0.4, -0.2) is 171 Å². The molecule has 0 fully saturated rings. The summed E-state index contributed by atoms with van der Waals surface area (Å²) in [6, 6.07) is 13.9. The average molecular weight is 971 g/mol. The molecule has 4 rings (SSSR count). The Morgan fingerprint density at radius 2 is 0.779 bits per heavy atom. The maximum absolute atomic E-state index is 11.0. The molecule has 0 aliphatic carbocycles. The molecule has 0 bridgehead atoms. The number of hydrogen-bond donors (Lipinski definition) is 14. The monoisotopic (exact) mass is 970 g/mol. The summed E-state index contributed by atoms with van der Waals surface area (Å²) in [5, 5.41) is 117. The minimum Gasteiger partial charge on any atom is -0.481 e. The summed E-state index contributed by atoms with van der Waals surface area (Å²) in [7, 11) is 0. The standard InChI is InChI=1S/C9H4O5.2C8H6O4.C6H10O4.C6H14O3.C5H12O2.C2H6O2/c10-7(11)4-1-2-5-6(3-4)9(13)14-8(5)12;9-7(10)5-1-2-6(4-3-5)8(11)12;9-7(10)5-2-1-3-6(4-5)8(11)12;7-5(8)3-1-2-4-6(9)10;1-2-6(3-7,4-8)5-9;1-5(2,3-6)4-7;3-1-2-4/h1-3H,(H,10,11);2*1-4H,(H,9,10)(H,11,12);1-4H2,(H,7,8)(H,9,10);7-9H,2-5H2,1H3;6-7H,3-4H2,1-2H3;3-4H,1-2H2. The number of hydrogen-bond acceptors (Lipinski definition) is 17. The van der Waals surface area contributed by atoms with Gasteiger partial charge in [-0.1, -0.05) is 26.8 Å². The van der Waals surface area contributed by atoms with Crippen LogP contribution in [-0.2, 0) is 14.3 Å². The minimum atomic E-state index is -1.15. The van der Waals surface area contributed by atoms with Crippen molar-refractivity contribution in [1.29, 1.82) is 0 Å². The second-order valence-electron chi connectivity index (χ2n) is 14.4. The second-order valence-corrected chi connectivity index (χ2v) is 14.4. The molecule has 0 amide bonds. The van der Waals surface area contributed by atoms with Gasteiger partial charge in [0.2, 0.25) is 0 Å². The molecule has 0 unspecified atom stereocenters. The lowest BCUT2D eigenvalue weighted by Crippen LogP contribution is -2.32. The summed E-state index contributed by atoms with van der Waals surface area (Å²) in [4.78, 5) is 93.8. The summed E-state index contributed by atoms with van der Waals surface area (Å²) in [5.41, 5.74) is -0.768. The number of cyclic esters (lactones) is 2. The molecule has 0 aromatic heterocycles. The third kappa shape index (κ3) is 28.0. The van der Waals surface area contributed by atoms with Crippen LogP contribution in [0.2, 0.25) is 0 Å². The molecule has 378 valence electrons. The predicted molar refractivity (Wildman–Crippen MR) is 234 cm³/mol. The van der Waals surface area contributed by atoms with Crippen LogP contribution in [0.25, 0.3) is 0 Å². The zero-order chi connectivity index (χ0) is 53.2. The van der Waals surface area contributed by atoms with Gasteiger partial charge in [0, 0.05) is 23.7 Å². The second kappa shape index (κ2) is 35.1. The average Bonchev–Trinajstić information content (AvgIpc) is 3.61. The summed E-state index contributed by atoms with van der Waals surface area (Å²) in [6.45, 7) is 4.79. The molecule has 1 aliphatic rings. The van der Waals surface area contributed by atoms with E-state index in [4.69, 9.17) is 71.5 Å². The van der Waals surface area contributed by atoms with Crippen LogP contribution < -0.4 is 0 Å². The lowest BCUT2D eigenvalue weighted by molar-refractivity contribution is -0.139. The van der Waals surface area contributed by atoms with Gasteiger partial charge in [0.25, 0.3) is 0 Å². The first-order valence-corrected chi connectivity index (χ1v) is 19.7. The van der Waals surface area contributed by atoms with E-state index in [1.165, 1.54) is 54.6 Å². The molecule has 0 radical (unpaired) electrons. The number of benzene rings is 3. The number of carbonyl (C=O) groups is 9. The molecule has 0 saturated heterocycles. The maximum atomic E-state index is 11.0. The van der Waals surface area contributed by atoms with Gasteiger partial charge in [-0.2, -0.15) is 0 Å². The van der Waals surface area contributed by atoms with E-state index >= 15 is 0 Å². The molecule has 0 saturated carbocycles. The molecule has 68 heavy (non-hydrogen) atoms. The first kappa shape index (κ1) is 65.1. The number of carbonyl (C=O) groups excluding carboxylic acids is 2. The highest BCUT2D eigenvalue weighted by molar-refractivity contribution is 6.15. The van der Waals surface area contributed by atoms with Gasteiger partial charge >= 0.3 is 53.7 Å². The van der Waals surface area contributed by atoms with Crippen LogP contribution in [0.1, 0.15) is 125 Å². The van der Waals surface area contributed by atoms with Crippen molar-refractivity contribution in [1.82, 2.24) is 0 Å². The summed E-state index contributed by atoms with van der Waals surface area (Å²) < 4.78 is 4.30. The Morgan fingerprint density at radius 1 is 0.456 bits per heavy atom. The number of aliphatic hydroxyl groups excluding tert-OH is 7. The van der Waals surface area contributed by atoms with Gasteiger partial charge in [0.15, 0.2) is 0 Å². The zero-order valence-corrected chi connectivity index (χ0v) is 37.2. The summed E-state index contributed by atoms with van der Waals surface area (Å²) >= 11 is 0. The van der Waals surface area contributed by atoms with Crippen LogP contribution in [0.3, 0.4) is 0 Å². The van der Waals surface area contributed by atoms with Crippen molar-refractivity contribution in [3.63, 3.8) is 0 Å². The van der Waals surface area contributed by atoms with E-state index in [-0.39, 0.29) is 103 Å². The first-order valence-electron chi connectivity index (χ1n) is 19.7. The molecule has 3 aromatic rings. The van der Waals surface area contributed by atoms with E-state index in [0.717, 1.165) is 12.1 Å². The fourth-order valence-corrected chi connectivity index (χ4v) is 3.85. The van der Waals surface area contributed by atoms with Crippen molar-refractivity contribution in [3.05, 3.63) is 106 Å². The Hall–Kier alpha value is -7.19. The van der Waals surface area contributed by atoms with Gasteiger partial charge < -0.3 is 76.2 Å².